The molecule has 0 aromatic carbocycles. The van der Waals surface area contributed by atoms with Gasteiger partial charge in [0.25, 0.3) is 5.56 Å². The maximum Gasteiger partial charge on any atom is 0.262 e. The second-order valence-electron chi connectivity index (χ2n) is 8.04. The number of hydrogen-bond donors (Lipinski definition) is 3. The molecule has 0 bridgehead atoms. The van der Waals surface area contributed by atoms with Crippen LogP contribution in [0.15, 0.2) is 41.6 Å². The molecule has 0 amide bonds. The summed E-state index contributed by atoms with van der Waals surface area (Å²) in [5, 5.41) is 17.0. The van der Waals surface area contributed by atoms with Crippen molar-refractivity contribution in [3.05, 3.63) is 52.8 Å². The summed E-state index contributed by atoms with van der Waals surface area (Å²) in [6.07, 6.45) is 6.86. The molecule has 3 aromatic heterocycles. The van der Waals surface area contributed by atoms with E-state index < -0.39 is 0 Å². The highest BCUT2D eigenvalue weighted by Crippen LogP contribution is 2.26. The lowest BCUT2D eigenvalue weighted by molar-refractivity contribution is 0.234. The average molecular weight is 425 g/mol. The number of methoxy groups -OCH3 is 1. The number of pyridine rings is 2. The van der Waals surface area contributed by atoms with Gasteiger partial charge in [-0.1, -0.05) is 6.08 Å². The highest BCUT2D eigenvalue weighted by Gasteiger charge is 2.17. The molecule has 0 aliphatic rings. The third-order valence-electron chi connectivity index (χ3n) is 4.29. The van der Waals surface area contributed by atoms with Crippen LogP contribution in [-0.2, 0) is 11.3 Å². The molecule has 0 unspecified atom stereocenters. The second-order valence-corrected chi connectivity index (χ2v) is 8.04. The summed E-state index contributed by atoms with van der Waals surface area (Å²) in [6, 6.07) is 5.44. The first-order chi connectivity index (χ1) is 14.8. The Labute approximate surface area is 180 Å². The predicted octanol–water partition coefficient (Wildman–Crippen LogP) is 2.79. The van der Waals surface area contributed by atoms with Crippen LogP contribution >= 0.6 is 0 Å². The van der Waals surface area contributed by atoms with E-state index in [2.05, 4.69) is 25.6 Å². The minimum Gasteiger partial charge on any atom is -0.395 e. The van der Waals surface area contributed by atoms with Gasteiger partial charge in [-0.25, -0.2) is 15.0 Å². The molecule has 3 rings (SSSR count). The quantitative estimate of drug-likeness (QED) is 0.506. The van der Waals surface area contributed by atoms with E-state index in [0.717, 1.165) is 11.1 Å². The third-order valence-corrected chi connectivity index (χ3v) is 4.29. The molecule has 9 heteroatoms. The molecule has 0 atom stereocenters. The zero-order valence-corrected chi connectivity index (χ0v) is 18.2. The van der Waals surface area contributed by atoms with Crippen molar-refractivity contribution in [1.29, 1.82) is 0 Å². The van der Waals surface area contributed by atoms with Crippen LogP contribution in [0.25, 0.3) is 16.8 Å². The van der Waals surface area contributed by atoms with Crippen LogP contribution in [0.1, 0.15) is 26.5 Å². The van der Waals surface area contributed by atoms with Gasteiger partial charge in [-0.3, -0.25) is 4.79 Å². The monoisotopic (exact) mass is 424 g/mol. The van der Waals surface area contributed by atoms with E-state index in [4.69, 9.17) is 4.74 Å². The molecule has 31 heavy (non-hydrogen) atoms. The van der Waals surface area contributed by atoms with E-state index >= 15 is 0 Å². The number of aromatic nitrogens is 4. The molecule has 164 valence electrons. The van der Waals surface area contributed by atoms with Crippen LogP contribution in [0.5, 0.6) is 0 Å². The number of aliphatic hydroxyl groups excluding tert-OH is 1. The fraction of sp³-hybridized carbons (Fsp3) is 0.364. The van der Waals surface area contributed by atoms with Crippen LogP contribution in [-0.4, -0.2) is 50.5 Å². The number of ether oxygens (including phenoxy) is 1. The molecular weight excluding hydrogens is 396 g/mol. The summed E-state index contributed by atoms with van der Waals surface area (Å²) in [6.45, 7) is 6.60. The number of nitrogens with one attached hydrogen (secondary N) is 2. The van der Waals surface area contributed by atoms with Crippen molar-refractivity contribution in [2.45, 2.75) is 32.9 Å². The van der Waals surface area contributed by atoms with Gasteiger partial charge in [0, 0.05) is 31.5 Å². The van der Waals surface area contributed by atoms with Gasteiger partial charge in [0.1, 0.15) is 23.8 Å². The van der Waals surface area contributed by atoms with Gasteiger partial charge in [0.15, 0.2) is 0 Å². The van der Waals surface area contributed by atoms with Crippen LogP contribution in [0, 0.1) is 0 Å². The average Bonchev–Trinajstić information content (AvgIpc) is 2.69. The molecule has 3 N–H and O–H groups in total. The van der Waals surface area contributed by atoms with Crippen molar-refractivity contribution < 1.29 is 9.84 Å². The molecule has 3 heterocycles. The summed E-state index contributed by atoms with van der Waals surface area (Å²) < 4.78 is 6.49. The Morgan fingerprint density at radius 2 is 2.03 bits per heavy atom. The van der Waals surface area contributed by atoms with Gasteiger partial charge in [-0.05, 0) is 44.4 Å². The number of anilines is 3. The smallest absolute Gasteiger partial charge is 0.262 e. The van der Waals surface area contributed by atoms with Gasteiger partial charge >= 0.3 is 0 Å². The molecule has 0 saturated heterocycles. The van der Waals surface area contributed by atoms with E-state index in [0.29, 0.717) is 29.4 Å². The minimum absolute atomic E-state index is 0.116. The van der Waals surface area contributed by atoms with Crippen LogP contribution in [0.3, 0.4) is 0 Å². The molecule has 3 aromatic rings. The topological polar surface area (TPSA) is 114 Å². The Morgan fingerprint density at radius 3 is 2.74 bits per heavy atom. The first-order valence-electron chi connectivity index (χ1n) is 9.98. The van der Waals surface area contributed by atoms with Crippen molar-refractivity contribution in [1.82, 2.24) is 19.5 Å². The zero-order chi connectivity index (χ0) is 22.4. The number of nitrogens with zero attached hydrogens (tertiary/aromatic N) is 4. The normalized spacial score (nSPS) is 11.9. The first-order valence-corrected chi connectivity index (χ1v) is 9.98. The predicted molar refractivity (Wildman–Crippen MR) is 123 cm³/mol. The summed E-state index contributed by atoms with van der Waals surface area (Å²) in [4.78, 5) is 26.1. The van der Waals surface area contributed by atoms with Gasteiger partial charge in [0.2, 0.25) is 0 Å². The molecule has 0 aliphatic heterocycles. The second kappa shape index (κ2) is 9.67. The lowest BCUT2D eigenvalue weighted by Crippen LogP contribution is -2.29. The lowest BCUT2D eigenvalue weighted by Gasteiger charge is -2.23. The molecule has 9 nitrogen and oxygen atoms in total. The molecule has 0 spiro atoms. The Hall–Kier alpha value is -3.30. The summed E-state index contributed by atoms with van der Waals surface area (Å²) in [5.74, 6) is 1.59. The molecule has 0 fully saturated rings. The van der Waals surface area contributed by atoms with Crippen molar-refractivity contribution in [2.75, 3.05) is 31.0 Å². The molecule has 0 saturated carbocycles. The fourth-order valence-electron chi connectivity index (χ4n) is 3.02. The maximum atomic E-state index is 13.0. The van der Waals surface area contributed by atoms with E-state index in [1.807, 2.05) is 39.0 Å². The Kier molecular flexibility index (Phi) is 6.98. The Morgan fingerprint density at radius 1 is 1.23 bits per heavy atom. The largest absolute Gasteiger partial charge is 0.395 e. The van der Waals surface area contributed by atoms with E-state index in [-0.39, 0.29) is 24.2 Å². The number of hydrogen-bond acceptors (Lipinski definition) is 8. The zero-order valence-electron chi connectivity index (χ0n) is 18.2. The van der Waals surface area contributed by atoms with E-state index in [1.165, 1.54) is 10.9 Å². The SMILES string of the molecule is COCC=Cc1cc(Nc2cc3ccn(CCO)c(=O)c3c(NC(C)(C)C)n2)ncn1. The van der Waals surface area contributed by atoms with Gasteiger partial charge in [-0.15, -0.1) is 0 Å². The number of rotatable bonds is 8. The molecule has 0 radical (unpaired) electrons. The van der Waals surface area contributed by atoms with Gasteiger partial charge in [-0.2, -0.15) is 0 Å². The van der Waals surface area contributed by atoms with Crippen molar-refractivity contribution >= 4 is 34.3 Å². The van der Waals surface area contributed by atoms with Crippen LogP contribution in [0.2, 0.25) is 0 Å². The lowest BCUT2D eigenvalue weighted by atomic mass is 10.1. The Balaban J connectivity index is 2.03. The summed E-state index contributed by atoms with van der Waals surface area (Å²) >= 11 is 0. The third kappa shape index (κ3) is 5.87. The Bertz CT molecular complexity index is 1130. The van der Waals surface area contributed by atoms with E-state index in [9.17, 15) is 9.90 Å². The van der Waals surface area contributed by atoms with Crippen molar-refractivity contribution in [2.24, 2.45) is 0 Å². The summed E-state index contributed by atoms with van der Waals surface area (Å²) in [7, 11) is 1.63. The van der Waals surface area contributed by atoms with Crippen molar-refractivity contribution in [3.63, 3.8) is 0 Å². The highest BCUT2D eigenvalue weighted by molar-refractivity contribution is 5.93. The fourth-order valence-corrected chi connectivity index (χ4v) is 3.02. The molecular formula is C22H28N6O3. The standard InChI is InChI=1S/C22H28N6O3/c1-22(2,3)27-20-19-15(7-8-28(9-10-29)21(19)30)12-18(26-20)25-17-13-16(23-14-24-17)6-5-11-31-4/h5-8,12-14,29H,9-11H2,1-4H3,(H2,23,24,25,26,27). The highest BCUT2D eigenvalue weighted by atomic mass is 16.5. The molecule has 0 aliphatic carbocycles. The minimum atomic E-state index is -0.309. The van der Waals surface area contributed by atoms with Crippen molar-refractivity contribution in [3.8, 4) is 0 Å². The number of aliphatic hydroxyl groups is 1. The van der Waals surface area contributed by atoms with Crippen LogP contribution in [0.4, 0.5) is 17.5 Å². The van der Waals surface area contributed by atoms with Crippen LogP contribution < -0.4 is 16.2 Å². The first kappa shape index (κ1) is 22.4. The maximum absolute atomic E-state index is 13.0. The van der Waals surface area contributed by atoms with Gasteiger partial charge < -0.3 is 25.0 Å². The number of fused-ring (bicyclic) bond motifs is 1. The summed E-state index contributed by atoms with van der Waals surface area (Å²) in [5.41, 5.74) is 0.219. The van der Waals surface area contributed by atoms with E-state index in [1.54, 1.807) is 25.4 Å². The van der Waals surface area contributed by atoms with Gasteiger partial charge in [0.05, 0.1) is 24.3 Å².